The van der Waals surface area contributed by atoms with Crippen LogP contribution in [-0.4, -0.2) is 13.1 Å². The molecule has 2 aromatic carbocycles. The lowest BCUT2D eigenvalue weighted by atomic mass is 9.92. The maximum atomic E-state index is 12.1. The second kappa shape index (κ2) is 6.78. The van der Waals surface area contributed by atoms with Crippen LogP contribution in [0, 0.1) is 0 Å². The molecule has 104 valence electrons. The molecule has 0 N–H and O–H groups in total. The van der Waals surface area contributed by atoms with Gasteiger partial charge in [-0.2, -0.15) is 0 Å². The summed E-state index contributed by atoms with van der Waals surface area (Å²) in [6.07, 6.45) is 0.454. The number of methoxy groups -OCH3 is 1. The van der Waals surface area contributed by atoms with E-state index in [1.807, 2.05) is 36.4 Å². The van der Waals surface area contributed by atoms with E-state index in [0.717, 1.165) is 11.1 Å². The van der Waals surface area contributed by atoms with Gasteiger partial charge in [0.2, 0.25) is 0 Å². The third-order valence-corrected chi connectivity index (χ3v) is 3.86. The van der Waals surface area contributed by atoms with Gasteiger partial charge in [0.1, 0.15) is 0 Å². The highest BCUT2D eigenvalue weighted by Gasteiger charge is 2.24. The van der Waals surface area contributed by atoms with Crippen LogP contribution in [0.1, 0.15) is 17.0 Å². The Morgan fingerprint density at radius 2 is 1.65 bits per heavy atom. The molecule has 20 heavy (non-hydrogen) atoms. The molecule has 0 fully saturated rings. The third-order valence-electron chi connectivity index (χ3n) is 3.15. The van der Waals surface area contributed by atoms with Crippen LogP contribution in [0.3, 0.4) is 0 Å². The zero-order chi connectivity index (χ0) is 14.5. The van der Waals surface area contributed by atoms with E-state index in [0.29, 0.717) is 16.5 Å². The van der Waals surface area contributed by atoms with E-state index in [1.165, 1.54) is 7.11 Å². The Morgan fingerprint density at radius 1 is 1.05 bits per heavy atom. The number of esters is 1. The van der Waals surface area contributed by atoms with Gasteiger partial charge in [-0.1, -0.05) is 59.6 Å². The van der Waals surface area contributed by atoms with Gasteiger partial charge in [0, 0.05) is 10.0 Å². The average molecular weight is 309 g/mol. The topological polar surface area (TPSA) is 26.3 Å². The SMILES string of the molecule is COC(=O)[C@@H](Cc1ccccc1Cl)c1ccccc1Cl. The van der Waals surface area contributed by atoms with Crippen LogP contribution in [-0.2, 0) is 16.0 Å². The molecular formula is C16H14Cl2O2. The molecule has 0 amide bonds. The van der Waals surface area contributed by atoms with Crippen molar-refractivity contribution in [3.05, 3.63) is 69.7 Å². The second-order valence-corrected chi connectivity index (χ2v) is 5.21. The second-order valence-electron chi connectivity index (χ2n) is 4.39. The molecule has 2 aromatic rings. The van der Waals surface area contributed by atoms with Crippen molar-refractivity contribution in [1.29, 1.82) is 0 Å². The van der Waals surface area contributed by atoms with E-state index in [9.17, 15) is 4.79 Å². The third kappa shape index (κ3) is 3.33. The van der Waals surface area contributed by atoms with Gasteiger partial charge in [0.25, 0.3) is 0 Å². The first-order chi connectivity index (χ1) is 9.63. The van der Waals surface area contributed by atoms with E-state index in [-0.39, 0.29) is 5.97 Å². The van der Waals surface area contributed by atoms with Crippen molar-refractivity contribution in [2.75, 3.05) is 7.11 Å². The Bertz CT molecular complexity index is 611. The highest BCUT2D eigenvalue weighted by molar-refractivity contribution is 6.32. The number of benzene rings is 2. The van der Waals surface area contributed by atoms with E-state index >= 15 is 0 Å². The molecule has 0 aliphatic heterocycles. The fourth-order valence-electron chi connectivity index (χ4n) is 2.10. The summed E-state index contributed by atoms with van der Waals surface area (Å²) in [7, 11) is 1.37. The van der Waals surface area contributed by atoms with Crippen LogP contribution in [0.25, 0.3) is 0 Å². The summed E-state index contributed by atoms with van der Waals surface area (Å²) in [6, 6.07) is 14.7. The molecule has 0 saturated carbocycles. The maximum Gasteiger partial charge on any atom is 0.313 e. The molecule has 0 aliphatic rings. The van der Waals surface area contributed by atoms with E-state index in [1.54, 1.807) is 12.1 Å². The molecule has 1 atom stereocenters. The van der Waals surface area contributed by atoms with Gasteiger partial charge in [0.05, 0.1) is 13.0 Å². The first kappa shape index (κ1) is 14.9. The van der Waals surface area contributed by atoms with Crippen LogP contribution in [0.4, 0.5) is 0 Å². The minimum absolute atomic E-state index is 0.321. The van der Waals surface area contributed by atoms with E-state index in [2.05, 4.69) is 0 Å². The molecule has 0 aliphatic carbocycles. The zero-order valence-electron chi connectivity index (χ0n) is 11.0. The van der Waals surface area contributed by atoms with E-state index in [4.69, 9.17) is 27.9 Å². The summed E-state index contributed by atoms with van der Waals surface area (Å²) >= 11 is 12.3. The number of hydrogen-bond donors (Lipinski definition) is 0. The lowest BCUT2D eigenvalue weighted by Crippen LogP contribution is -2.17. The van der Waals surface area contributed by atoms with Crippen LogP contribution in [0.5, 0.6) is 0 Å². The van der Waals surface area contributed by atoms with Crippen LogP contribution < -0.4 is 0 Å². The number of rotatable bonds is 4. The van der Waals surface area contributed by atoms with Crippen molar-refractivity contribution in [3.8, 4) is 0 Å². The van der Waals surface area contributed by atoms with Crippen molar-refractivity contribution in [1.82, 2.24) is 0 Å². The lowest BCUT2D eigenvalue weighted by Gasteiger charge is -2.17. The number of carbonyl (C=O) groups is 1. The summed E-state index contributed by atoms with van der Waals surface area (Å²) in [6.45, 7) is 0. The molecule has 4 heteroatoms. The van der Waals surface area contributed by atoms with Crippen LogP contribution >= 0.6 is 23.2 Å². The standard InChI is InChI=1S/C16H14Cl2O2/c1-20-16(19)13(12-7-3-5-9-15(12)18)10-11-6-2-4-8-14(11)17/h2-9,13H,10H2,1H3/t13-/m0/s1. The van der Waals surface area contributed by atoms with Gasteiger partial charge in [0.15, 0.2) is 0 Å². The molecule has 2 rings (SSSR count). The molecule has 2 nitrogen and oxygen atoms in total. The minimum Gasteiger partial charge on any atom is -0.469 e. The summed E-state index contributed by atoms with van der Waals surface area (Å²) in [5.41, 5.74) is 1.64. The first-order valence-corrected chi connectivity index (χ1v) is 6.94. The predicted octanol–water partition coefficient (Wildman–Crippen LogP) is 4.49. The molecule has 0 heterocycles. The number of carbonyl (C=O) groups excluding carboxylic acids is 1. The Hall–Kier alpha value is -1.51. The molecule has 0 saturated heterocycles. The quantitative estimate of drug-likeness (QED) is 0.778. The minimum atomic E-state index is -0.464. The number of halogens is 2. The zero-order valence-corrected chi connectivity index (χ0v) is 12.5. The van der Waals surface area contributed by atoms with Crippen molar-refractivity contribution < 1.29 is 9.53 Å². The highest BCUT2D eigenvalue weighted by atomic mass is 35.5. The van der Waals surface area contributed by atoms with Crippen LogP contribution in [0.2, 0.25) is 10.0 Å². The lowest BCUT2D eigenvalue weighted by molar-refractivity contribution is -0.142. The molecule has 0 unspecified atom stereocenters. The molecule has 0 aromatic heterocycles. The molecule has 0 radical (unpaired) electrons. The summed E-state index contributed by atoms with van der Waals surface area (Å²) in [5.74, 6) is -0.786. The number of ether oxygens (including phenoxy) is 1. The maximum absolute atomic E-state index is 12.1. The summed E-state index contributed by atoms with van der Waals surface area (Å²) in [4.78, 5) is 12.1. The fourth-order valence-corrected chi connectivity index (χ4v) is 2.58. The van der Waals surface area contributed by atoms with Crippen molar-refractivity contribution in [2.45, 2.75) is 12.3 Å². The predicted molar refractivity (Wildman–Crippen MR) is 81.4 cm³/mol. The highest BCUT2D eigenvalue weighted by Crippen LogP contribution is 2.30. The number of hydrogen-bond acceptors (Lipinski definition) is 2. The van der Waals surface area contributed by atoms with Crippen LogP contribution in [0.15, 0.2) is 48.5 Å². The Kier molecular flexibility index (Phi) is 5.05. The van der Waals surface area contributed by atoms with Gasteiger partial charge in [-0.05, 0) is 29.7 Å². The summed E-state index contributed by atoms with van der Waals surface area (Å²) < 4.78 is 4.89. The Labute approximate surface area is 128 Å². The Balaban J connectivity index is 2.37. The van der Waals surface area contributed by atoms with Crippen molar-refractivity contribution in [3.63, 3.8) is 0 Å². The molecule has 0 spiro atoms. The van der Waals surface area contributed by atoms with Gasteiger partial charge in [-0.3, -0.25) is 4.79 Å². The fraction of sp³-hybridized carbons (Fsp3) is 0.188. The van der Waals surface area contributed by atoms with Crippen molar-refractivity contribution >= 4 is 29.2 Å². The normalized spacial score (nSPS) is 11.9. The molecular weight excluding hydrogens is 295 g/mol. The van der Waals surface area contributed by atoms with Gasteiger partial charge in [-0.25, -0.2) is 0 Å². The monoisotopic (exact) mass is 308 g/mol. The van der Waals surface area contributed by atoms with Gasteiger partial charge < -0.3 is 4.74 Å². The first-order valence-electron chi connectivity index (χ1n) is 6.19. The van der Waals surface area contributed by atoms with Gasteiger partial charge in [-0.15, -0.1) is 0 Å². The van der Waals surface area contributed by atoms with Gasteiger partial charge >= 0.3 is 5.97 Å². The van der Waals surface area contributed by atoms with E-state index < -0.39 is 5.92 Å². The van der Waals surface area contributed by atoms with Crippen molar-refractivity contribution in [2.24, 2.45) is 0 Å². The summed E-state index contributed by atoms with van der Waals surface area (Å²) in [5, 5.41) is 1.18. The largest absolute Gasteiger partial charge is 0.469 e. The smallest absolute Gasteiger partial charge is 0.313 e. The molecule has 0 bridgehead atoms. The Morgan fingerprint density at radius 3 is 2.25 bits per heavy atom. The average Bonchev–Trinajstić information content (AvgIpc) is 2.47.